The van der Waals surface area contributed by atoms with Gasteiger partial charge in [-0.2, -0.15) is 0 Å². The van der Waals surface area contributed by atoms with Gasteiger partial charge in [0, 0.05) is 0 Å². The number of benzene rings is 1. The van der Waals surface area contributed by atoms with Gasteiger partial charge in [-0.15, -0.1) is 0 Å². The molecule has 1 aromatic rings. The summed E-state index contributed by atoms with van der Waals surface area (Å²) in [6.07, 6.45) is 0. The van der Waals surface area contributed by atoms with E-state index in [1.54, 1.807) is 12.1 Å². The average Bonchev–Trinajstić information content (AvgIpc) is 2.07. The summed E-state index contributed by atoms with van der Waals surface area (Å²) in [4.78, 5) is 0. The van der Waals surface area contributed by atoms with Crippen LogP contribution in [0, 0.1) is 17.7 Å². The van der Waals surface area contributed by atoms with E-state index in [1.807, 2.05) is 12.1 Å². The lowest BCUT2D eigenvalue weighted by atomic mass is 9.80. The highest BCUT2D eigenvalue weighted by Gasteiger charge is 2.19. The zero-order valence-electron chi connectivity index (χ0n) is 9.42. The molecule has 0 heterocycles. The Morgan fingerprint density at radius 3 is 1.64 bits per heavy atom. The highest BCUT2D eigenvalue weighted by atomic mass is 19.1. The molecule has 0 nitrogen and oxygen atoms in total. The van der Waals surface area contributed by atoms with Crippen LogP contribution in [-0.4, -0.2) is 0 Å². The summed E-state index contributed by atoms with van der Waals surface area (Å²) in [7, 11) is 0. The zero-order chi connectivity index (χ0) is 10.7. The Labute approximate surface area is 86.2 Å². The van der Waals surface area contributed by atoms with Gasteiger partial charge in [-0.05, 0) is 35.4 Å². The van der Waals surface area contributed by atoms with Crippen LogP contribution in [0.15, 0.2) is 24.3 Å². The fraction of sp³-hybridized carbons (Fsp3) is 0.538. The fourth-order valence-corrected chi connectivity index (χ4v) is 2.22. The predicted molar refractivity (Wildman–Crippen MR) is 58.8 cm³/mol. The van der Waals surface area contributed by atoms with Crippen LogP contribution in [0.5, 0.6) is 0 Å². The largest absolute Gasteiger partial charge is 0.207 e. The molecule has 0 saturated heterocycles. The van der Waals surface area contributed by atoms with Gasteiger partial charge in [0.05, 0.1) is 0 Å². The van der Waals surface area contributed by atoms with Gasteiger partial charge in [-0.3, -0.25) is 0 Å². The van der Waals surface area contributed by atoms with Gasteiger partial charge >= 0.3 is 0 Å². The summed E-state index contributed by atoms with van der Waals surface area (Å²) in [6.45, 7) is 8.87. The molecule has 0 radical (unpaired) electrons. The second-order valence-corrected chi connectivity index (χ2v) is 4.57. The lowest BCUT2D eigenvalue weighted by Crippen LogP contribution is -2.13. The molecule has 14 heavy (non-hydrogen) atoms. The van der Waals surface area contributed by atoms with E-state index in [0.717, 1.165) is 0 Å². The Kier molecular flexibility index (Phi) is 3.68. The smallest absolute Gasteiger partial charge is 0.123 e. The van der Waals surface area contributed by atoms with Crippen LogP contribution in [0.25, 0.3) is 0 Å². The maximum atomic E-state index is 12.8. The van der Waals surface area contributed by atoms with Crippen molar-refractivity contribution in [1.82, 2.24) is 0 Å². The highest BCUT2D eigenvalue weighted by Crippen LogP contribution is 2.31. The predicted octanol–water partition coefficient (Wildman–Crippen LogP) is 4.22. The van der Waals surface area contributed by atoms with Crippen molar-refractivity contribution in [2.75, 3.05) is 0 Å². The van der Waals surface area contributed by atoms with Gasteiger partial charge in [0.1, 0.15) is 5.82 Å². The van der Waals surface area contributed by atoms with E-state index >= 15 is 0 Å². The second-order valence-electron chi connectivity index (χ2n) is 4.57. The van der Waals surface area contributed by atoms with Crippen molar-refractivity contribution in [2.45, 2.75) is 33.6 Å². The number of halogens is 1. The van der Waals surface area contributed by atoms with E-state index < -0.39 is 0 Å². The lowest BCUT2D eigenvalue weighted by molar-refractivity contribution is 0.387. The molecule has 0 aliphatic rings. The van der Waals surface area contributed by atoms with Gasteiger partial charge in [0.25, 0.3) is 0 Å². The minimum absolute atomic E-state index is 0.153. The first-order valence-electron chi connectivity index (χ1n) is 5.28. The molecule has 0 aliphatic heterocycles. The van der Waals surface area contributed by atoms with Crippen LogP contribution in [0.4, 0.5) is 4.39 Å². The molecule has 0 N–H and O–H groups in total. The molecule has 0 fully saturated rings. The molecule has 0 amide bonds. The standard InChI is InChI=1S/C13H19F/c1-9(2)13(10(3)4)11-5-7-12(14)8-6-11/h5-10,13H,1-4H3. The molecule has 0 aliphatic carbocycles. The molecule has 0 saturated carbocycles. The third kappa shape index (κ3) is 2.57. The number of hydrogen-bond donors (Lipinski definition) is 0. The van der Waals surface area contributed by atoms with Gasteiger partial charge in [0.2, 0.25) is 0 Å². The topological polar surface area (TPSA) is 0 Å². The van der Waals surface area contributed by atoms with Crippen molar-refractivity contribution in [3.8, 4) is 0 Å². The van der Waals surface area contributed by atoms with Crippen molar-refractivity contribution in [3.05, 3.63) is 35.6 Å². The summed E-state index contributed by atoms with van der Waals surface area (Å²) in [5, 5.41) is 0. The molecular formula is C13H19F. The minimum atomic E-state index is -0.153. The summed E-state index contributed by atoms with van der Waals surface area (Å²) in [5.74, 6) is 1.57. The SMILES string of the molecule is CC(C)C(c1ccc(F)cc1)C(C)C. The van der Waals surface area contributed by atoms with Gasteiger partial charge in [-0.1, -0.05) is 39.8 Å². The van der Waals surface area contributed by atoms with Crippen molar-refractivity contribution in [2.24, 2.45) is 11.8 Å². The Balaban J connectivity index is 2.94. The van der Waals surface area contributed by atoms with Crippen LogP contribution in [-0.2, 0) is 0 Å². The van der Waals surface area contributed by atoms with E-state index in [4.69, 9.17) is 0 Å². The maximum Gasteiger partial charge on any atom is 0.123 e. The Morgan fingerprint density at radius 1 is 0.857 bits per heavy atom. The summed E-state index contributed by atoms with van der Waals surface area (Å²) >= 11 is 0. The van der Waals surface area contributed by atoms with E-state index in [2.05, 4.69) is 27.7 Å². The summed E-state index contributed by atoms with van der Waals surface area (Å²) in [6, 6.07) is 6.90. The molecule has 78 valence electrons. The Bertz CT molecular complexity index is 264. The van der Waals surface area contributed by atoms with Crippen LogP contribution in [0.2, 0.25) is 0 Å². The second kappa shape index (κ2) is 4.59. The monoisotopic (exact) mass is 194 g/mol. The van der Waals surface area contributed by atoms with Gasteiger partial charge < -0.3 is 0 Å². The fourth-order valence-electron chi connectivity index (χ4n) is 2.22. The summed E-state index contributed by atoms with van der Waals surface area (Å²) < 4.78 is 12.8. The van der Waals surface area contributed by atoms with E-state index in [0.29, 0.717) is 17.8 Å². The molecular weight excluding hydrogens is 175 g/mol. The third-order valence-corrected chi connectivity index (χ3v) is 2.69. The first kappa shape index (κ1) is 11.2. The molecule has 0 atom stereocenters. The molecule has 0 unspecified atom stereocenters. The molecule has 1 aromatic carbocycles. The number of rotatable bonds is 3. The Hall–Kier alpha value is -0.850. The summed E-state index contributed by atoms with van der Waals surface area (Å²) in [5.41, 5.74) is 1.25. The van der Waals surface area contributed by atoms with Crippen molar-refractivity contribution in [3.63, 3.8) is 0 Å². The maximum absolute atomic E-state index is 12.8. The molecule has 0 bridgehead atoms. The molecule has 1 rings (SSSR count). The minimum Gasteiger partial charge on any atom is -0.207 e. The van der Waals surface area contributed by atoms with Crippen LogP contribution in [0.1, 0.15) is 39.2 Å². The third-order valence-electron chi connectivity index (χ3n) is 2.69. The molecule has 0 spiro atoms. The van der Waals surface area contributed by atoms with Crippen molar-refractivity contribution < 1.29 is 4.39 Å². The van der Waals surface area contributed by atoms with Crippen LogP contribution >= 0.6 is 0 Å². The van der Waals surface area contributed by atoms with E-state index in [-0.39, 0.29) is 5.82 Å². The lowest BCUT2D eigenvalue weighted by Gasteiger charge is -2.25. The van der Waals surface area contributed by atoms with Crippen LogP contribution in [0.3, 0.4) is 0 Å². The zero-order valence-corrected chi connectivity index (χ0v) is 9.42. The van der Waals surface area contributed by atoms with Crippen LogP contribution < -0.4 is 0 Å². The first-order valence-corrected chi connectivity index (χ1v) is 5.28. The van der Waals surface area contributed by atoms with Gasteiger partial charge in [0.15, 0.2) is 0 Å². The average molecular weight is 194 g/mol. The molecule has 0 aromatic heterocycles. The number of hydrogen-bond acceptors (Lipinski definition) is 0. The highest BCUT2D eigenvalue weighted by molar-refractivity contribution is 5.21. The normalized spacial score (nSPS) is 11.7. The quantitative estimate of drug-likeness (QED) is 0.675. The van der Waals surface area contributed by atoms with Crippen molar-refractivity contribution >= 4 is 0 Å². The van der Waals surface area contributed by atoms with E-state index in [9.17, 15) is 4.39 Å². The molecule has 1 heteroatoms. The van der Waals surface area contributed by atoms with Crippen molar-refractivity contribution in [1.29, 1.82) is 0 Å². The van der Waals surface area contributed by atoms with Gasteiger partial charge in [-0.25, -0.2) is 4.39 Å². The van der Waals surface area contributed by atoms with E-state index in [1.165, 1.54) is 5.56 Å². The Morgan fingerprint density at radius 2 is 1.29 bits per heavy atom. The first-order chi connectivity index (χ1) is 6.52.